The topological polar surface area (TPSA) is 45.6 Å². The predicted molar refractivity (Wildman–Crippen MR) is 74.4 cm³/mol. The second-order valence-corrected chi connectivity index (χ2v) is 6.00. The molecule has 2 atom stereocenters. The third kappa shape index (κ3) is 2.37. The largest absolute Gasteiger partial charge is 0.453 e. The van der Waals surface area contributed by atoms with Gasteiger partial charge in [0.25, 0.3) is 0 Å². The summed E-state index contributed by atoms with van der Waals surface area (Å²) in [6.07, 6.45) is 2.67. The lowest BCUT2D eigenvalue weighted by Crippen LogP contribution is -2.52. The van der Waals surface area contributed by atoms with Gasteiger partial charge >= 0.3 is 0 Å². The average Bonchev–Trinajstić information content (AvgIpc) is 2.99. The highest BCUT2D eigenvalue weighted by atomic mass is 79.9. The normalized spacial score (nSPS) is 27.3. The van der Waals surface area contributed by atoms with E-state index in [0.29, 0.717) is 6.54 Å². The molecule has 0 spiro atoms. The Hall–Kier alpha value is -0.360. The summed E-state index contributed by atoms with van der Waals surface area (Å²) >= 11 is 3.36. The fourth-order valence-electron chi connectivity index (χ4n) is 3.25. The molecule has 2 aliphatic rings. The van der Waals surface area contributed by atoms with Crippen molar-refractivity contribution in [1.29, 1.82) is 0 Å². The number of fused-ring (bicyclic) bond motifs is 1. The van der Waals surface area contributed by atoms with Crippen molar-refractivity contribution in [1.82, 2.24) is 9.80 Å². The molecule has 0 amide bonds. The minimum absolute atomic E-state index is 0.221. The summed E-state index contributed by atoms with van der Waals surface area (Å²) in [6.45, 7) is 5.28. The highest BCUT2D eigenvalue weighted by Crippen LogP contribution is 2.29. The molecule has 2 N–H and O–H groups in total. The Bertz CT molecular complexity index is 409. The number of rotatable bonds is 3. The van der Waals surface area contributed by atoms with E-state index in [1.54, 1.807) is 0 Å². The molecule has 0 radical (unpaired) electrons. The van der Waals surface area contributed by atoms with Gasteiger partial charge in [0.05, 0.1) is 6.04 Å². The van der Waals surface area contributed by atoms with Gasteiger partial charge in [-0.25, -0.2) is 0 Å². The number of nitrogens with zero attached hydrogens (tertiary/aromatic N) is 2. The van der Waals surface area contributed by atoms with Crippen molar-refractivity contribution in [3.63, 3.8) is 0 Å². The van der Waals surface area contributed by atoms with Crippen LogP contribution in [0.4, 0.5) is 0 Å². The molecule has 0 aliphatic carbocycles. The zero-order valence-corrected chi connectivity index (χ0v) is 12.1. The molecule has 2 fully saturated rings. The number of hydrogen-bond donors (Lipinski definition) is 1. The number of halogens is 1. The van der Waals surface area contributed by atoms with Crippen LogP contribution in [0.15, 0.2) is 21.2 Å². The van der Waals surface area contributed by atoms with Crippen molar-refractivity contribution in [3.8, 4) is 0 Å². The van der Waals surface area contributed by atoms with Crippen LogP contribution in [0.3, 0.4) is 0 Å². The first kappa shape index (κ1) is 12.7. The van der Waals surface area contributed by atoms with E-state index in [9.17, 15) is 0 Å². The summed E-state index contributed by atoms with van der Waals surface area (Å²) in [5.41, 5.74) is 5.95. The molecule has 18 heavy (non-hydrogen) atoms. The lowest BCUT2D eigenvalue weighted by atomic mass is 10.1. The Balaban J connectivity index is 1.72. The molecule has 100 valence electrons. The van der Waals surface area contributed by atoms with Crippen LogP contribution >= 0.6 is 15.9 Å². The van der Waals surface area contributed by atoms with Crippen LogP contribution in [0.2, 0.25) is 0 Å². The van der Waals surface area contributed by atoms with Crippen molar-refractivity contribution in [2.75, 3.05) is 32.7 Å². The fraction of sp³-hybridized carbons (Fsp3) is 0.692. The molecule has 2 saturated heterocycles. The first-order chi connectivity index (χ1) is 8.78. The second kappa shape index (κ2) is 5.33. The van der Waals surface area contributed by atoms with Crippen LogP contribution in [0.5, 0.6) is 0 Å². The molecule has 3 rings (SSSR count). The highest BCUT2D eigenvalue weighted by molar-refractivity contribution is 9.10. The molecule has 1 aromatic rings. The standard InChI is InChI=1S/C13H20BrN3O/c14-13-4-3-12(18-13)11(8-15)17-7-6-16-5-1-2-10(16)9-17/h3-4,10-11H,1-2,5-9,15H2. The molecule has 0 bridgehead atoms. The molecular weight excluding hydrogens is 294 g/mol. The summed E-state index contributed by atoms with van der Waals surface area (Å²) in [4.78, 5) is 5.10. The van der Waals surface area contributed by atoms with E-state index in [1.807, 2.05) is 12.1 Å². The van der Waals surface area contributed by atoms with E-state index in [-0.39, 0.29) is 6.04 Å². The molecule has 0 aromatic carbocycles. The van der Waals surface area contributed by atoms with Crippen molar-refractivity contribution in [2.24, 2.45) is 5.73 Å². The van der Waals surface area contributed by atoms with Crippen LogP contribution < -0.4 is 5.73 Å². The molecule has 4 nitrogen and oxygen atoms in total. The quantitative estimate of drug-likeness (QED) is 0.924. The van der Waals surface area contributed by atoms with Gasteiger partial charge in [-0.3, -0.25) is 9.80 Å². The van der Waals surface area contributed by atoms with Crippen LogP contribution in [0.25, 0.3) is 0 Å². The Kier molecular flexibility index (Phi) is 3.75. The van der Waals surface area contributed by atoms with Gasteiger partial charge < -0.3 is 10.2 Å². The number of piperazine rings is 1. The summed E-state index contributed by atoms with van der Waals surface area (Å²) in [7, 11) is 0. The minimum atomic E-state index is 0.221. The maximum atomic E-state index is 5.95. The Morgan fingerprint density at radius 3 is 3.00 bits per heavy atom. The number of hydrogen-bond acceptors (Lipinski definition) is 4. The monoisotopic (exact) mass is 313 g/mol. The van der Waals surface area contributed by atoms with Crippen molar-refractivity contribution < 1.29 is 4.42 Å². The second-order valence-electron chi connectivity index (χ2n) is 5.22. The lowest BCUT2D eigenvalue weighted by Gasteiger charge is -2.40. The number of furan rings is 1. The van der Waals surface area contributed by atoms with Crippen LogP contribution in [-0.4, -0.2) is 48.6 Å². The first-order valence-corrected chi connectivity index (χ1v) is 7.50. The smallest absolute Gasteiger partial charge is 0.169 e. The van der Waals surface area contributed by atoms with Gasteiger partial charge in [-0.15, -0.1) is 0 Å². The summed E-state index contributed by atoms with van der Waals surface area (Å²) in [6, 6.07) is 4.93. The lowest BCUT2D eigenvalue weighted by molar-refractivity contribution is 0.0658. The molecule has 0 saturated carbocycles. The Labute approximate surface area is 116 Å². The summed E-state index contributed by atoms with van der Waals surface area (Å²) < 4.78 is 6.47. The van der Waals surface area contributed by atoms with E-state index >= 15 is 0 Å². The predicted octanol–water partition coefficient (Wildman–Crippen LogP) is 1.82. The van der Waals surface area contributed by atoms with Crippen molar-refractivity contribution in [3.05, 3.63) is 22.6 Å². The van der Waals surface area contributed by atoms with Gasteiger partial charge in [-0.2, -0.15) is 0 Å². The van der Waals surface area contributed by atoms with Crippen LogP contribution in [-0.2, 0) is 0 Å². The highest BCUT2D eigenvalue weighted by Gasteiger charge is 2.34. The van der Waals surface area contributed by atoms with E-state index < -0.39 is 0 Å². The summed E-state index contributed by atoms with van der Waals surface area (Å²) in [5.74, 6) is 0.982. The van der Waals surface area contributed by atoms with Gasteiger partial charge in [-0.1, -0.05) is 0 Å². The van der Waals surface area contributed by atoms with Gasteiger partial charge in [0.1, 0.15) is 5.76 Å². The fourth-order valence-corrected chi connectivity index (χ4v) is 3.57. The van der Waals surface area contributed by atoms with E-state index in [1.165, 1.54) is 25.9 Å². The van der Waals surface area contributed by atoms with Gasteiger partial charge in [0.15, 0.2) is 4.67 Å². The third-order valence-corrected chi connectivity index (χ3v) is 4.63. The zero-order chi connectivity index (χ0) is 12.5. The van der Waals surface area contributed by atoms with E-state index in [2.05, 4.69) is 25.7 Å². The minimum Gasteiger partial charge on any atom is -0.453 e. The average molecular weight is 314 g/mol. The van der Waals surface area contributed by atoms with Crippen LogP contribution in [0, 0.1) is 0 Å². The van der Waals surface area contributed by atoms with Crippen molar-refractivity contribution >= 4 is 15.9 Å². The van der Waals surface area contributed by atoms with Crippen LogP contribution in [0.1, 0.15) is 24.6 Å². The molecular formula is C13H20BrN3O. The Morgan fingerprint density at radius 1 is 1.39 bits per heavy atom. The van der Waals surface area contributed by atoms with Gasteiger partial charge in [0, 0.05) is 32.2 Å². The van der Waals surface area contributed by atoms with Gasteiger partial charge in [-0.05, 0) is 47.4 Å². The molecule has 2 unspecified atom stereocenters. The van der Waals surface area contributed by atoms with Gasteiger partial charge in [0.2, 0.25) is 0 Å². The first-order valence-electron chi connectivity index (χ1n) is 6.71. The third-order valence-electron chi connectivity index (χ3n) is 4.21. The maximum absolute atomic E-state index is 5.95. The van der Waals surface area contributed by atoms with E-state index in [0.717, 1.165) is 29.6 Å². The summed E-state index contributed by atoms with van der Waals surface area (Å²) in [5, 5.41) is 0. The molecule has 3 heterocycles. The van der Waals surface area contributed by atoms with E-state index in [4.69, 9.17) is 10.2 Å². The Morgan fingerprint density at radius 2 is 2.28 bits per heavy atom. The molecule has 2 aliphatic heterocycles. The number of nitrogens with two attached hydrogens (primary N) is 1. The zero-order valence-electron chi connectivity index (χ0n) is 10.5. The van der Waals surface area contributed by atoms with Crippen molar-refractivity contribution in [2.45, 2.75) is 24.9 Å². The molecule has 1 aromatic heterocycles. The SMILES string of the molecule is NCC(c1ccc(Br)o1)N1CCN2CCCC2C1. The maximum Gasteiger partial charge on any atom is 0.169 e. The molecule has 5 heteroatoms.